The van der Waals surface area contributed by atoms with Crippen molar-refractivity contribution in [3.05, 3.63) is 0 Å². The molecule has 0 aromatic rings. The Morgan fingerprint density at radius 3 is 2.46 bits per heavy atom. The van der Waals surface area contributed by atoms with E-state index in [4.69, 9.17) is 5.11 Å². The number of carbonyl (C=O) groups is 3. The van der Waals surface area contributed by atoms with Crippen molar-refractivity contribution in [2.75, 3.05) is 19.6 Å². The normalized spacial score (nSPS) is 28.5. The van der Waals surface area contributed by atoms with Gasteiger partial charge >= 0.3 is 5.97 Å². The predicted octanol–water partition coefficient (Wildman–Crippen LogP) is 1.88. The molecule has 2 atom stereocenters. The summed E-state index contributed by atoms with van der Waals surface area (Å²) in [7, 11) is 0. The highest BCUT2D eigenvalue weighted by Gasteiger charge is 2.59. The lowest BCUT2D eigenvalue weighted by molar-refractivity contribution is -0.145. The SMILES string of the molecule is CC(=O)N(CC(=O)O)C1CCCN(C(=O)C2CC23CCCC3)CC1. The van der Waals surface area contributed by atoms with Crippen molar-refractivity contribution in [1.29, 1.82) is 0 Å². The minimum Gasteiger partial charge on any atom is -0.480 e. The third-order valence-corrected chi connectivity index (χ3v) is 6.25. The fraction of sp³-hybridized carbons (Fsp3) is 0.833. The van der Waals surface area contributed by atoms with Gasteiger partial charge in [0.05, 0.1) is 0 Å². The topological polar surface area (TPSA) is 77.9 Å². The van der Waals surface area contributed by atoms with Crippen LogP contribution in [0.4, 0.5) is 0 Å². The van der Waals surface area contributed by atoms with Gasteiger partial charge in [0.15, 0.2) is 0 Å². The second-order valence-corrected chi connectivity index (χ2v) is 7.78. The van der Waals surface area contributed by atoms with E-state index >= 15 is 0 Å². The van der Waals surface area contributed by atoms with Crippen molar-refractivity contribution in [3.63, 3.8) is 0 Å². The molecule has 3 rings (SSSR count). The zero-order valence-electron chi connectivity index (χ0n) is 14.5. The number of hydrogen-bond acceptors (Lipinski definition) is 3. The molecule has 2 unspecified atom stereocenters. The number of carbonyl (C=O) groups excluding carboxylic acids is 2. The molecule has 0 bridgehead atoms. The highest BCUT2D eigenvalue weighted by atomic mass is 16.4. The van der Waals surface area contributed by atoms with Crippen molar-refractivity contribution in [3.8, 4) is 0 Å². The molecule has 1 aliphatic heterocycles. The molecule has 6 nitrogen and oxygen atoms in total. The summed E-state index contributed by atoms with van der Waals surface area (Å²) in [5, 5.41) is 9.01. The second kappa shape index (κ2) is 6.73. The predicted molar refractivity (Wildman–Crippen MR) is 88.2 cm³/mol. The van der Waals surface area contributed by atoms with Crippen LogP contribution in [-0.2, 0) is 14.4 Å². The van der Waals surface area contributed by atoms with E-state index in [1.165, 1.54) is 37.5 Å². The van der Waals surface area contributed by atoms with E-state index in [9.17, 15) is 14.4 Å². The minimum absolute atomic E-state index is 0.0731. The number of hydrogen-bond donors (Lipinski definition) is 1. The van der Waals surface area contributed by atoms with Gasteiger partial charge in [-0.25, -0.2) is 0 Å². The van der Waals surface area contributed by atoms with Gasteiger partial charge in [0.1, 0.15) is 6.54 Å². The smallest absolute Gasteiger partial charge is 0.323 e. The minimum atomic E-state index is -0.983. The Hall–Kier alpha value is -1.59. The second-order valence-electron chi connectivity index (χ2n) is 7.78. The number of aliphatic carboxylic acids is 1. The molecule has 1 heterocycles. The van der Waals surface area contributed by atoms with Crippen LogP contribution in [0, 0.1) is 11.3 Å². The number of rotatable bonds is 4. The Bertz CT molecular complexity index is 527. The van der Waals surface area contributed by atoms with Gasteiger partial charge in [-0.3, -0.25) is 14.4 Å². The summed E-state index contributed by atoms with van der Waals surface area (Å²) in [5.41, 5.74) is 0.317. The lowest BCUT2D eigenvalue weighted by Crippen LogP contribution is -2.43. The summed E-state index contributed by atoms with van der Waals surface area (Å²) in [4.78, 5) is 39.0. The maximum atomic E-state index is 12.8. The van der Waals surface area contributed by atoms with Crippen LogP contribution in [-0.4, -0.2) is 58.4 Å². The average molecular weight is 336 g/mol. The van der Waals surface area contributed by atoms with Crippen LogP contribution < -0.4 is 0 Å². The molecule has 24 heavy (non-hydrogen) atoms. The van der Waals surface area contributed by atoms with Gasteiger partial charge in [0.2, 0.25) is 11.8 Å². The summed E-state index contributed by atoms with van der Waals surface area (Å²) in [6.45, 7) is 2.55. The Balaban J connectivity index is 1.57. The van der Waals surface area contributed by atoms with Gasteiger partial charge in [0, 0.05) is 32.0 Å². The molecule has 0 aromatic carbocycles. The largest absolute Gasteiger partial charge is 0.480 e. The van der Waals surface area contributed by atoms with Crippen LogP contribution >= 0.6 is 0 Å². The Morgan fingerprint density at radius 1 is 1.12 bits per heavy atom. The molecule has 6 heteroatoms. The standard InChI is InChI=1S/C18H28N2O4/c1-13(21)20(12-16(22)23)14-5-4-9-19(10-6-14)17(24)15-11-18(15)7-2-3-8-18/h14-15H,2-12H2,1H3,(H,22,23). The number of likely N-dealkylation sites (tertiary alicyclic amines) is 1. The van der Waals surface area contributed by atoms with Crippen LogP contribution in [0.15, 0.2) is 0 Å². The van der Waals surface area contributed by atoms with Crippen molar-refractivity contribution < 1.29 is 19.5 Å². The summed E-state index contributed by atoms with van der Waals surface area (Å²) in [5.74, 6) is -0.664. The maximum absolute atomic E-state index is 12.8. The third kappa shape index (κ3) is 3.42. The molecule has 0 radical (unpaired) electrons. The molecule has 1 spiro atoms. The maximum Gasteiger partial charge on any atom is 0.323 e. The van der Waals surface area contributed by atoms with Crippen LogP contribution in [0.5, 0.6) is 0 Å². The first kappa shape index (κ1) is 17.2. The Morgan fingerprint density at radius 2 is 1.83 bits per heavy atom. The molecule has 3 fully saturated rings. The number of carboxylic acids is 1. The van der Waals surface area contributed by atoms with Gasteiger partial charge in [-0.1, -0.05) is 12.8 Å². The molecule has 0 aromatic heterocycles. The number of nitrogens with zero attached hydrogens (tertiary/aromatic N) is 2. The van der Waals surface area contributed by atoms with Crippen molar-refractivity contribution in [2.24, 2.45) is 11.3 Å². The van der Waals surface area contributed by atoms with E-state index < -0.39 is 5.97 Å². The van der Waals surface area contributed by atoms with Crippen LogP contribution in [0.2, 0.25) is 0 Å². The van der Waals surface area contributed by atoms with Gasteiger partial charge in [-0.2, -0.15) is 0 Å². The lowest BCUT2D eigenvalue weighted by Gasteiger charge is -2.29. The van der Waals surface area contributed by atoms with Crippen molar-refractivity contribution >= 4 is 17.8 Å². The Labute approximate surface area is 143 Å². The molecule has 1 N–H and O–H groups in total. The molecular formula is C18H28N2O4. The summed E-state index contributed by atoms with van der Waals surface area (Å²) < 4.78 is 0. The van der Waals surface area contributed by atoms with E-state index in [0.29, 0.717) is 24.3 Å². The molecular weight excluding hydrogens is 308 g/mol. The number of carboxylic acid groups (broad SMARTS) is 1. The summed E-state index contributed by atoms with van der Waals surface area (Å²) >= 11 is 0. The molecule has 134 valence electrons. The quantitative estimate of drug-likeness (QED) is 0.850. The first-order chi connectivity index (χ1) is 11.4. The van der Waals surface area contributed by atoms with Crippen molar-refractivity contribution in [2.45, 2.75) is 64.3 Å². The van der Waals surface area contributed by atoms with Gasteiger partial charge < -0.3 is 14.9 Å². The zero-order chi connectivity index (χ0) is 17.3. The summed E-state index contributed by atoms with van der Waals surface area (Å²) in [6, 6.07) is -0.0731. The fourth-order valence-electron chi connectivity index (χ4n) is 4.80. The van der Waals surface area contributed by atoms with Gasteiger partial charge in [-0.05, 0) is 43.9 Å². The van der Waals surface area contributed by atoms with E-state index in [1.807, 2.05) is 4.90 Å². The van der Waals surface area contributed by atoms with E-state index in [1.54, 1.807) is 0 Å². The summed E-state index contributed by atoms with van der Waals surface area (Å²) in [6.07, 6.45) is 8.27. The van der Waals surface area contributed by atoms with Crippen LogP contribution in [0.25, 0.3) is 0 Å². The highest BCUT2D eigenvalue weighted by molar-refractivity contribution is 5.83. The van der Waals surface area contributed by atoms with E-state index in [2.05, 4.69) is 0 Å². The van der Waals surface area contributed by atoms with E-state index in [-0.39, 0.29) is 24.4 Å². The highest BCUT2D eigenvalue weighted by Crippen LogP contribution is 2.63. The lowest BCUT2D eigenvalue weighted by atomic mass is 10.0. The first-order valence-electron chi connectivity index (χ1n) is 9.21. The first-order valence-corrected chi connectivity index (χ1v) is 9.21. The zero-order valence-corrected chi connectivity index (χ0v) is 14.5. The molecule has 2 aliphatic carbocycles. The Kier molecular flexibility index (Phi) is 4.83. The molecule has 2 saturated carbocycles. The van der Waals surface area contributed by atoms with E-state index in [0.717, 1.165) is 25.8 Å². The average Bonchev–Trinajstić information content (AvgIpc) is 3.12. The fourth-order valence-corrected chi connectivity index (χ4v) is 4.80. The molecule has 1 saturated heterocycles. The molecule has 2 amide bonds. The van der Waals surface area contributed by atoms with Crippen LogP contribution in [0.3, 0.4) is 0 Å². The molecule has 3 aliphatic rings. The van der Waals surface area contributed by atoms with Crippen LogP contribution in [0.1, 0.15) is 58.3 Å². The monoisotopic (exact) mass is 336 g/mol. The van der Waals surface area contributed by atoms with Crippen molar-refractivity contribution in [1.82, 2.24) is 9.80 Å². The van der Waals surface area contributed by atoms with Gasteiger partial charge in [0.25, 0.3) is 0 Å². The number of amides is 2. The third-order valence-electron chi connectivity index (χ3n) is 6.25. The van der Waals surface area contributed by atoms with Gasteiger partial charge in [-0.15, -0.1) is 0 Å².